The van der Waals surface area contributed by atoms with Gasteiger partial charge in [-0.1, -0.05) is 12.1 Å². The standard InChI is InChI=1S/C13H15N3/c1-16-12(7-8-15-16)11-6-5-9-3-2-4-10(9)13(11)14/h5-8H,2-4,14H2,1H3. The number of nitrogens with two attached hydrogens (primary N) is 1. The molecule has 2 aromatic rings. The molecule has 3 rings (SSSR count). The lowest BCUT2D eigenvalue weighted by atomic mass is 10.0. The van der Waals surface area contributed by atoms with Crippen LogP contribution >= 0.6 is 0 Å². The second-order valence-electron chi connectivity index (χ2n) is 4.36. The maximum atomic E-state index is 6.25. The molecule has 0 bridgehead atoms. The molecule has 0 saturated carbocycles. The number of hydrogen-bond acceptors (Lipinski definition) is 2. The van der Waals surface area contributed by atoms with E-state index in [1.807, 2.05) is 24.0 Å². The number of hydrogen-bond donors (Lipinski definition) is 1. The Morgan fingerprint density at radius 2 is 2.12 bits per heavy atom. The van der Waals surface area contributed by atoms with Gasteiger partial charge in [-0.2, -0.15) is 5.10 Å². The second-order valence-corrected chi connectivity index (χ2v) is 4.36. The van der Waals surface area contributed by atoms with Gasteiger partial charge in [-0.05, 0) is 36.5 Å². The first kappa shape index (κ1) is 9.46. The van der Waals surface area contributed by atoms with Gasteiger partial charge in [-0.15, -0.1) is 0 Å². The van der Waals surface area contributed by atoms with E-state index in [0.29, 0.717) is 0 Å². The van der Waals surface area contributed by atoms with E-state index in [-0.39, 0.29) is 0 Å². The Bertz CT molecular complexity index is 540. The fraction of sp³-hybridized carbons (Fsp3) is 0.308. The monoisotopic (exact) mass is 213 g/mol. The topological polar surface area (TPSA) is 43.8 Å². The summed E-state index contributed by atoms with van der Waals surface area (Å²) in [7, 11) is 1.95. The zero-order chi connectivity index (χ0) is 11.1. The molecule has 0 atom stereocenters. The van der Waals surface area contributed by atoms with Crippen LogP contribution in [0.5, 0.6) is 0 Å². The summed E-state index contributed by atoms with van der Waals surface area (Å²) in [5.74, 6) is 0. The molecule has 0 unspecified atom stereocenters. The van der Waals surface area contributed by atoms with Crippen molar-refractivity contribution in [2.45, 2.75) is 19.3 Å². The first-order chi connectivity index (χ1) is 7.77. The van der Waals surface area contributed by atoms with Gasteiger partial charge in [0, 0.05) is 24.5 Å². The molecule has 1 aromatic carbocycles. The number of nitrogen functional groups attached to an aromatic ring is 1. The predicted octanol–water partition coefficient (Wildman–Crippen LogP) is 2.16. The van der Waals surface area contributed by atoms with Gasteiger partial charge >= 0.3 is 0 Å². The minimum absolute atomic E-state index is 0.943. The number of aromatic nitrogens is 2. The van der Waals surface area contributed by atoms with Crippen LogP contribution in [-0.4, -0.2) is 9.78 Å². The van der Waals surface area contributed by atoms with Crippen molar-refractivity contribution in [1.29, 1.82) is 0 Å². The maximum absolute atomic E-state index is 6.25. The Labute approximate surface area is 94.9 Å². The molecule has 0 amide bonds. The van der Waals surface area contributed by atoms with E-state index in [1.165, 1.54) is 24.0 Å². The summed E-state index contributed by atoms with van der Waals surface area (Å²) in [6, 6.07) is 6.34. The van der Waals surface area contributed by atoms with E-state index in [2.05, 4.69) is 17.2 Å². The largest absolute Gasteiger partial charge is 0.398 e. The third kappa shape index (κ3) is 1.24. The Balaban J connectivity index is 2.20. The van der Waals surface area contributed by atoms with Crippen LogP contribution < -0.4 is 5.73 Å². The molecule has 1 aromatic heterocycles. The third-order valence-corrected chi connectivity index (χ3v) is 3.42. The lowest BCUT2D eigenvalue weighted by Crippen LogP contribution is -2.00. The van der Waals surface area contributed by atoms with Crippen molar-refractivity contribution >= 4 is 5.69 Å². The normalized spacial score (nSPS) is 14.1. The smallest absolute Gasteiger partial charge is 0.0699 e. The molecule has 0 aliphatic heterocycles. The summed E-state index contributed by atoms with van der Waals surface area (Å²) >= 11 is 0. The third-order valence-electron chi connectivity index (χ3n) is 3.42. The van der Waals surface area contributed by atoms with Crippen LogP contribution in [0.15, 0.2) is 24.4 Å². The van der Waals surface area contributed by atoms with E-state index in [0.717, 1.165) is 23.4 Å². The van der Waals surface area contributed by atoms with Gasteiger partial charge in [0.15, 0.2) is 0 Å². The highest BCUT2D eigenvalue weighted by Gasteiger charge is 2.17. The van der Waals surface area contributed by atoms with E-state index < -0.39 is 0 Å². The Kier molecular flexibility index (Phi) is 1.99. The lowest BCUT2D eigenvalue weighted by molar-refractivity contribution is 0.776. The van der Waals surface area contributed by atoms with Crippen molar-refractivity contribution < 1.29 is 0 Å². The molecular formula is C13H15N3. The summed E-state index contributed by atoms with van der Waals surface area (Å²) < 4.78 is 1.87. The van der Waals surface area contributed by atoms with Crippen LogP contribution in [0, 0.1) is 0 Å². The van der Waals surface area contributed by atoms with Gasteiger partial charge in [0.2, 0.25) is 0 Å². The highest BCUT2D eigenvalue weighted by Crippen LogP contribution is 2.34. The molecule has 1 heterocycles. The molecule has 0 spiro atoms. The molecule has 3 heteroatoms. The highest BCUT2D eigenvalue weighted by atomic mass is 15.3. The molecule has 0 saturated heterocycles. The predicted molar refractivity (Wildman–Crippen MR) is 65.1 cm³/mol. The number of benzene rings is 1. The molecule has 82 valence electrons. The summed E-state index contributed by atoms with van der Waals surface area (Å²) in [5.41, 5.74) is 12.2. The zero-order valence-corrected chi connectivity index (χ0v) is 9.40. The van der Waals surface area contributed by atoms with Gasteiger partial charge in [-0.3, -0.25) is 4.68 Å². The number of aryl methyl sites for hydroxylation is 2. The first-order valence-electron chi connectivity index (χ1n) is 5.66. The van der Waals surface area contributed by atoms with Crippen LogP contribution in [0.4, 0.5) is 5.69 Å². The Hall–Kier alpha value is -1.77. The minimum Gasteiger partial charge on any atom is -0.398 e. The maximum Gasteiger partial charge on any atom is 0.0699 e. The average molecular weight is 213 g/mol. The summed E-state index contributed by atoms with van der Waals surface area (Å²) in [4.78, 5) is 0. The van der Waals surface area contributed by atoms with Gasteiger partial charge in [-0.25, -0.2) is 0 Å². The molecule has 3 nitrogen and oxygen atoms in total. The van der Waals surface area contributed by atoms with Gasteiger partial charge < -0.3 is 5.73 Å². The van der Waals surface area contributed by atoms with Crippen LogP contribution in [-0.2, 0) is 19.9 Å². The van der Waals surface area contributed by atoms with Crippen molar-refractivity contribution in [3.8, 4) is 11.3 Å². The zero-order valence-electron chi connectivity index (χ0n) is 9.40. The lowest BCUT2D eigenvalue weighted by Gasteiger charge is -2.10. The van der Waals surface area contributed by atoms with E-state index >= 15 is 0 Å². The Morgan fingerprint density at radius 3 is 2.88 bits per heavy atom. The van der Waals surface area contributed by atoms with Gasteiger partial charge in [0.25, 0.3) is 0 Å². The number of nitrogens with zero attached hydrogens (tertiary/aromatic N) is 2. The molecule has 16 heavy (non-hydrogen) atoms. The first-order valence-corrected chi connectivity index (χ1v) is 5.66. The average Bonchev–Trinajstić information content (AvgIpc) is 2.88. The number of anilines is 1. The molecule has 0 radical (unpaired) electrons. The van der Waals surface area contributed by atoms with E-state index in [9.17, 15) is 0 Å². The van der Waals surface area contributed by atoms with Gasteiger partial charge in [0.05, 0.1) is 5.69 Å². The number of fused-ring (bicyclic) bond motifs is 1. The Morgan fingerprint density at radius 1 is 1.25 bits per heavy atom. The molecule has 0 fully saturated rings. The highest BCUT2D eigenvalue weighted by molar-refractivity contribution is 5.78. The molecule has 2 N–H and O–H groups in total. The van der Waals surface area contributed by atoms with E-state index in [4.69, 9.17) is 5.73 Å². The molecule has 1 aliphatic carbocycles. The molecular weight excluding hydrogens is 198 g/mol. The number of rotatable bonds is 1. The fourth-order valence-electron chi connectivity index (χ4n) is 2.56. The van der Waals surface area contributed by atoms with Crippen LogP contribution in [0.3, 0.4) is 0 Å². The van der Waals surface area contributed by atoms with Gasteiger partial charge in [0.1, 0.15) is 0 Å². The van der Waals surface area contributed by atoms with Crippen molar-refractivity contribution in [3.63, 3.8) is 0 Å². The summed E-state index contributed by atoms with van der Waals surface area (Å²) in [6.45, 7) is 0. The van der Waals surface area contributed by atoms with E-state index in [1.54, 1.807) is 0 Å². The van der Waals surface area contributed by atoms with Crippen LogP contribution in [0.1, 0.15) is 17.5 Å². The van der Waals surface area contributed by atoms with Crippen molar-refractivity contribution in [2.24, 2.45) is 7.05 Å². The summed E-state index contributed by atoms with van der Waals surface area (Å²) in [6.07, 6.45) is 5.33. The quantitative estimate of drug-likeness (QED) is 0.738. The fourth-order valence-corrected chi connectivity index (χ4v) is 2.56. The second kappa shape index (κ2) is 3.37. The van der Waals surface area contributed by atoms with Crippen molar-refractivity contribution in [3.05, 3.63) is 35.5 Å². The minimum atomic E-state index is 0.943. The molecule has 1 aliphatic rings. The van der Waals surface area contributed by atoms with Crippen molar-refractivity contribution in [1.82, 2.24) is 9.78 Å². The summed E-state index contributed by atoms with van der Waals surface area (Å²) in [5, 5.41) is 4.19. The van der Waals surface area contributed by atoms with Crippen molar-refractivity contribution in [2.75, 3.05) is 5.73 Å². The van der Waals surface area contributed by atoms with Crippen LogP contribution in [0.2, 0.25) is 0 Å². The van der Waals surface area contributed by atoms with Crippen LogP contribution in [0.25, 0.3) is 11.3 Å². The SMILES string of the molecule is Cn1nccc1-c1ccc2c(c1N)CCC2.